The van der Waals surface area contributed by atoms with Crippen LogP contribution in [0.5, 0.6) is 0 Å². The van der Waals surface area contributed by atoms with Gasteiger partial charge >= 0.3 is 0 Å². The molecule has 0 saturated heterocycles. The van der Waals surface area contributed by atoms with Crippen LogP contribution in [0, 0.1) is 0 Å². The lowest BCUT2D eigenvalue weighted by Gasteiger charge is -2.03. The van der Waals surface area contributed by atoms with Gasteiger partial charge in [-0.1, -0.05) is 11.6 Å². The van der Waals surface area contributed by atoms with E-state index in [9.17, 15) is 0 Å². The number of aromatic nitrogens is 2. The van der Waals surface area contributed by atoms with Crippen LogP contribution in [0.15, 0.2) is 24.5 Å². The van der Waals surface area contributed by atoms with Gasteiger partial charge in [0.2, 0.25) is 0 Å². The number of thiophene rings is 1. The maximum absolute atomic E-state index is 5.82. The molecule has 0 aliphatic rings. The minimum atomic E-state index is 0.743. The molecule has 4 nitrogen and oxygen atoms in total. The van der Waals surface area contributed by atoms with Gasteiger partial charge in [0.15, 0.2) is 0 Å². The molecule has 2 aromatic rings. The lowest BCUT2D eigenvalue weighted by molar-refractivity contribution is 1.16. The summed E-state index contributed by atoms with van der Waals surface area (Å²) in [4.78, 5) is 8.11. The van der Waals surface area contributed by atoms with E-state index in [1.807, 2.05) is 25.2 Å². The van der Waals surface area contributed by atoms with Crippen molar-refractivity contribution < 1.29 is 0 Å². The number of rotatable bonds is 3. The minimum Gasteiger partial charge on any atom is -0.373 e. The molecule has 2 aromatic heterocycles. The third kappa shape index (κ3) is 2.57. The first-order chi connectivity index (χ1) is 7.28. The molecule has 78 valence electrons. The molecule has 0 fully saturated rings. The summed E-state index contributed by atoms with van der Waals surface area (Å²) in [5, 5.41) is 7.05. The molecule has 2 N–H and O–H groups in total. The van der Waals surface area contributed by atoms with Crippen LogP contribution in [-0.4, -0.2) is 17.0 Å². The van der Waals surface area contributed by atoms with E-state index >= 15 is 0 Å². The van der Waals surface area contributed by atoms with Crippen molar-refractivity contribution in [2.75, 3.05) is 17.7 Å². The van der Waals surface area contributed by atoms with Crippen molar-refractivity contribution >= 4 is 39.6 Å². The normalized spacial score (nSPS) is 10.0. The fourth-order valence-corrected chi connectivity index (χ4v) is 2.02. The molecule has 0 spiro atoms. The zero-order valence-corrected chi connectivity index (χ0v) is 9.56. The number of halogens is 1. The van der Waals surface area contributed by atoms with E-state index in [2.05, 4.69) is 20.6 Å². The molecule has 0 atom stereocenters. The lowest BCUT2D eigenvalue weighted by atomic mass is 10.5. The summed E-state index contributed by atoms with van der Waals surface area (Å²) in [6.07, 6.45) is 1.50. The van der Waals surface area contributed by atoms with Crippen molar-refractivity contribution in [3.05, 3.63) is 28.9 Å². The quantitative estimate of drug-likeness (QED) is 0.866. The van der Waals surface area contributed by atoms with Gasteiger partial charge < -0.3 is 10.6 Å². The van der Waals surface area contributed by atoms with Crippen molar-refractivity contribution in [1.82, 2.24) is 9.97 Å². The van der Waals surface area contributed by atoms with Gasteiger partial charge in [0, 0.05) is 13.1 Å². The minimum absolute atomic E-state index is 0.743. The Kier molecular flexibility index (Phi) is 3.03. The second-order valence-electron chi connectivity index (χ2n) is 2.77. The summed E-state index contributed by atoms with van der Waals surface area (Å²) < 4.78 is 0.750. The lowest BCUT2D eigenvalue weighted by Crippen LogP contribution is -1.96. The van der Waals surface area contributed by atoms with Crippen LogP contribution in [0.3, 0.4) is 0 Å². The molecule has 0 aromatic carbocycles. The summed E-state index contributed by atoms with van der Waals surface area (Å²) in [6, 6.07) is 5.58. The Bertz CT molecular complexity index is 457. The van der Waals surface area contributed by atoms with E-state index in [4.69, 9.17) is 11.6 Å². The zero-order valence-electron chi connectivity index (χ0n) is 7.99. The maximum Gasteiger partial charge on any atom is 0.136 e. The molecule has 2 heterocycles. The van der Waals surface area contributed by atoms with Crippen LogP contribution in [0.25, 0.3) is 0 Å². The van der Waals surface area contributed by atoms with Crippen molar-refractivity contribution in [3.8, 4) is 0 Å². The molecule has 15 heavy (non-hydrogen) atoms. The Hall–Kier alpha value is -1.33. The first-order valence-corrected chi connectivity index (χ1v) is 5.49. The van der Waals surface area contributed by atoms with Crippen LogP contribution in [-0.2, 0) is 0 Å². The summed E-state index contributed by atoms with van der Waals surface area (Å²) >= 11 is 7.29. The Balaban J connectivity index is 2.16. The Morgan fingerprint density at radius 2 is 2.07 bits per heavy atom. The van der Waals surface area contributed by atoms with Gasteiger partial charge in [-0.2, -0.15) is 0 Å². The number of nitrogens with zero attached hydrogens (tertiary/aromatic N) is 2. The number of hydrogen-bond acceptors (Lipinski definition) is 5. The third-order valence-corrected chi connectivity index (χ3v) is 2.89. The number of anilines is 3. The third-order valence-electron chi connectivity index (χ3n) is 1.75. The van der Waals surface area contributed by atoms with Crippen LogP contribution >= 0.6 is 22.9 Å². The van der Waals surface area contributed by atoms with Gasteiger partial charge in [0.05, 0.1) is 9.34 Å². The SMILES string of the molecule is CNc1cc(Nc2ccc(Cl)s2)ncn1. The highest BCUT2D eigenvalue weighted by Crippen LogP contribution is 2.28. The Morgan fingerprint density at radius 3 is 2.73 bits per heavy atom. The monoisotopic (exact) mass is 240 g/mol. The molecule has 0 aliphatic heterocycles. The molecule has 0 saturated carbocycles. The topological polar surface area (TPSA) is 49.8 Å². The fraction of sp³-hybridized carbons (Fsp3) is 0.111. The average molecular weight is 241 g/mol. The van der Waals surface area contributed by atoms with Gasteiger partial charge in [0.1, 0.15) is 18.0 Å². The predicted octanol–water partition coefficient (Wildman–Crippen LogP) is 2.98. The predicted molar refractivity (Wildman–Crippen MR) is 64.2 cm³/mol. The van der Waals surface area contributed by atoms with Crippen LogP contribution in [0.2, 0.25) is 4.34 Å². The first-order valence-electron chi connectivity index (χ1n) is 4.30. The summed E-state index contributed by atoms with van der Waals surface area (Å²) in [7, 11) is 1.81. The van der Waals surface area contributed by atoms with Gasteiger partial charge in [-0.3, -0.25) is 0 Å². The van der Waals surface area contributed by atoms with Crippen molar-refractivity contribution in [2.45, 2.75) is 0 Å². The highest BCUT2D eigenvalue weighted by Gasteiger charge is 2.00. The van der Waals surface area contributed by atoms with Crippen LogP contribution in [0.1, 0.15) is 0 Å². The van der Waals surface area contributed by atoms with Crippen molar-refractivity contribution in [1.29, 1.82) is 0 Å². The van der Waals surface area contributed by atoms with Gasteiger partial charge in [0.25, 0.3) is 0 Å². The largest absolute Gasteiger partial charge is 0.373 e. The molecule has 0 amide bonds. The molecule has 0 aliphatic carbocycles. The Morgan fingerprint density at radius 1 is 1.27 bits per heavy atom. The van der Waals surface area contributed by atoms with E-state index in [1.165, 1.54) is 17.7 Å². The van der Waals surface area contributed by atoms with Crippen molar-refractivity contribution in [3.63, 3.8) is 0 Å². The van der Waals surface area contributed by atoms with E-state index in [1.54, 1.807) is 0 Å². The molecule has 0 bridgehead atoms. The van der Waals surface area contributed by atoms with Gasteiger partial charge in [-0.05, 0) is 12.1 Å². The van der Waals surface area contributed by atoms with Gasteiger partial charge in [-0.15, -0.1) is 11.3 Å². The fourth-order valence-electron chi connectivity index (χ4n) is 1.07. The molecular formula is C9H9ClN4S. The zero-order chi connectivity index (χ0) is 10.7. The second-order valence-corrected chi connectivity index (χ2v) is 4.48. The average Bonchev–Trinajstić information content (AvgIpc) is 2.64. The Labute approximate surface area is 96.3 Å². The van der Waals surface area contributed by atoms with Crippen LogP contribution in [0.4, 0.5) is 16.6 Å². The standard InChI is InChI=1S/C9H9ClN4S/c1-11-7-4-8(13-5-12-7)14-9-3-2-6(10)15-9/h2-5H,1H3,(H2,11,12,13,14). The highest BCUT2D eigenvalue weighted by atomic mass is 35.5. The summed E-state index contributed by atoms with van der Waals surface area (Å²) in [6.45, 7) is 0. The maximum atomic E-state index is 5.82. The highest BCUT2D eigenvalue weighted by molar-refractivity contribution is 7.19. The number of hydrogen-bond donors (Lipinski definition) is 2. The molecular weight excluding hydrogens is 232 g/mol. The molecule has 2 rings (SSSR count). The molecule has 6 heteroatoms. The summed E-state index contributed by atoms with van der Waals surface area (Å²) in [5.41, 5.74) is 0. The van der Waals surface area contributed by atoms with E-state index in [-0.39, 0.29) is 0 Å². The van der Waals surface area contributed by atoms with E-state index < -0.39 is 0 Å². The second kappa shape index (κ2) is 4.46. The molecule has 0 radical (unpaired) electrons. The van der Waals surface area contributed by atoms with Crippen molar-refractivity contribution in [2.24, 2.45) is 0 Å². The first kappa shape index (κ1) is 10.2. The molecule has 0 unspecified atom stereocenters. The van der Waals surface area contributed by atoms with Crippen LogP contribution < -0.4 is 10.6 Å². The van der Waals surface area contributed by atoms with E-state index in [0.717, 1.165) is 21.0 Å². The summed E-state index contributed by atoms with van der Waals surface area (Å²) in [5.74, 6) is 1.52. The smallest absolute Gasteiger partial charge is 0.136 e. The number of nitrogens with one attached hydrogen (secondary N) is 2. The van der Waals surface area contributed by atoms with Gasteiger partial charge in [-0.25, -0.2) is 9.97 Å². The van der Waals surface area contributed by atoms with E-state index in [0.29, 0.717) is 0 Å².